The number of nitrogens with zero attached hydrogens (tertiary/aromatic N) is 4. The number of carbonyl (C=O) groups is 1. The second-order valence-corrected chi connectivity index (χ2v) is 5.35. The van der Waals surface area contributed by atoms with Gasteiger partial charge in [0.05, 0.1) is 18.8 Å². The van der Waals surface area contributed by atoms with Crippen molar-refractivity contribution in [1.82, 2.24) is 20.0 Å². The van der Waals surface area contributed by atoms with Gasteiger partial charge in [-0.25, -0.2) is 0 Å². The van der Waals surface area contributed by atoms with Crippen LogP contribution in [0.15, 0.2) is 28.9 Å². The number of hydrogen-bond donors (Lipinski definition) is 0. The molecule has 3 heterocycles. The van der Waals surface area contributed by atoms with E-state index in [4.69, 9.17) is 9.26 Å². The fourth-order valence-corrected chi connectivity index (χ4v) is 2.38. The molecule has 0 radical (unpaired) electrons. The van der Waals surface area contributed by atoms with Gasteiger partial charge in [0.2, 0.25) is 17.6 Å². The highest BCUT2D eigenvalue weighted by Gasteiger charge is 2.27. The van der Waals surface area contributed by atoms with Crippen LogP contribution in [0.1, 0.15) is 29.1 Å². The molecule has 0 bridgehead atoms. The molecule has 1 saturated heterocycles. The summed E-state index contributed by atoms with van der Waals surface area (Å²) in [5.41, 5.74) is 1.82. The molecular formula is C16H18N4O3. The van der Waals surface area contributed by atoms with Crippen molar-refractivity contribution in [3.63, 3.8) is 0 Å². The monoisotopic (exact) mass is 314 g/mol. The van der Waals surface area contributed by atoms with Gasteiger partial charge in [0, 0.05) is 25.7 Å². The molecule has 1 aliphatic heterocycles. The van der Waals surface area contributed by atoms with E-state index < -0.39 is 0 Å². The third kappa shape index (κ3) is 3.62. The first-order chi connectivity index (χ1) is 11.1. The SMILES string of the molecule is Cc1nc(C2CN(C(=O)/C=C/c3ncccc3C)CCO2)no1. The molecule has 0 spiro atoms. The molecule has 120 valence electrons. The predicted molar refractivity (Wildman–Crippen MR) is 82.3 cm³/mol. The van der Waals surface area contributed by atoms with Gasteiger partial charge in [0.25, 0.3) is 0 Å². The largest absolute Gasteiger partial charge is 0.366 e. The highest BCUT2D eigenvalue weighted by Crippen LogP contribution is 2.20. The first kappa shape index (κ1) is 15.4. The van der Waals surface area contributed by atoms with Crippen LogP contribution in [0, 0.1) is 13.8 Å². The molecule has 1 fully saturated rings. The van der Waals surface area contributed by atoms with E-state index in [1.165, 1.54) is 0 Å². The van der Waals surface area contributed by atoms with Crippen molar-refractivity contribution in [2.45, 2.75) is 20.0 Å². The maximum absolute atomic E-state index is 12.4. The molecule has 7 nitrogen and oxygen atoms in total. The Kier molecular flexibility index (Phi) is 4.47. The summed E-state index contributed by atoms with van der Waals surface area (Å²) in [5, 5.41) is 3.86. The van der Waals surface area contributed by atoms with E-state index in [9.17, 15) is 4.79 Å². The van der Waals surface area contributed by atoms with Gasteiger partial charge in [-0.15, -0.1) is 0 Å². The Morgan fingerprint density at radius 3 is 3.04 bits per heavy atom. The van der Waals surface area contributed by atoms with Gasteiger partial charge in [-0.05, 0) is 24.6 Å². The summed E-state index contributed by atoms with van der Waals surface area (Å²) in [6, 6.07) is 3.83. The second kappa shape index (κ2) is 6.70. The van der Waals surface area contributed by atoms with E-state index in [0.29, 0.717) is 31.4 Å². The van der Waals surface area contributed by atoms with Gasteiger partial charge in [0.1, 0.15) is 6.10 Å². The van der Waals surface area contributed by atoms with Gasteiger partial charge in [0.15, 0.2) is 0 Å². The molecule has 0 N–H and O–H groups in total. The van der Waals surface area contributed by atoms with Crippen LogP contribution >= 0.6 is 0 Å². The zero-order valence-electron chi connectivity index (χ0n) is 13.1. The quantitative estimate of drug-likeness (QED) is 0.802. The molecule has 0 aromatic carbocycles. The van der Waals surface area contributed by atoms with Crippen molar-refractivity contribution in [1.29, 1.82) is 0 Å². The molecule has 7 heteroatoms. The third-order valence-electron chi connectivity index (χ3n) is 3.64. The lowest BCUT2D eigenvalue weighted by atomic mass is 10.2. The highest BCUT2D eigenvalue weighted by atomic mass is 16.5. The molecule has 2 aromatic rings. The number of morpholine rings is 1. The third-order valence-corrected chi connectivity index (χ3v) is 3.64. The molecule has 1 aliphatic rings. The Labute approximate surface area is 134 Å². The van der Waals surface area contributed by atoms with Crippen molar-refractivity contribution in [3.05, 3.63) is 47.4 Å². The molecule has 23 heavy (non-hydrogen) atoms. The first-order valence-electron chi connectivity index (χ1n) is 7.44. The fourth-order valence-electron chi connectivity index (χ4n) is 2.38. The average molecular weight is 314 g/mol. The molecule has 1 amide bonds. The maximum atomic E-state index is 12.4. The van der Waals surface area contributed by atoms with Crippen molar-refractivity contribution in [2.75, 3.05) is 19.7 Å². The smallest absolute Gasteiger partial charge is 0.246 e. The summed E-state index contributed by atoms with van der Waals surface area (Å²) in [5.74, 6) is 0.880. The van der Waals surface area contributed by atoms with Crippen LogP contribution in [0.4, 0.5) is 0 Å². The lowest BCUT2D eigenvalue weighted by molar-refractivity contribution is -0.134. The Balaban J connectivity index is 1.66. The summed E-state index contributed by atoms with van der Waals surface area (Å²) in [6.07, 6.45) is 4.63. The van der Waals surface area contributed by atoms with E-state index in [1.807, 2.05) is 19.1 Å². The minimum absolute atomic E-state index is 0.0800. The summed E-state index contributed by atoms with van der Waals surface area (Å²) >= 11 is 0. The van der Waals surface area contributed by atoms with Gasteiger partial charge >= 0.3 is 0 Å². The number of aromatic nitrogens is 3. The molecule has 0 saturated carbocycles. The van der Waals surface area contributed by atoms with Crippen molar-refractivity contribution in [3.8, 4) is 0 Å². The first-order valence-corrected chi connectivity index (χ1v) is 7.44. The highest BCUT2D eigenvalue weighted by molar-refractivity contribution is 5.91. The van der Waals surface area contributed by atoms with Crippen molar-refractivity contribution >= 4 is 12.0 Å². The number of amides is 1. The zero-order valence-corrected chi connectivity index (χ0v) is 13.1. The molecular weight excluding hydrogens is 296 g/mol. The Hall–Kier alpha value is -2.54. The van der Waals surface area contributed by atoms with Crippen LogP contribution in [0.5, 0.6) is 0 Å². The van der Waals surface area contributed by atoms with E-state index in [0.717, 1.165) is 11.3 Å². The molecule has 1 atom stereocenters. The van der Waals surface area contributed by atoms with Crippen LogP contribution in [0.25, 0.3) is 6.08 Å². The van der Waals surface area contributed by atoms with Crippen LogP contribution in [-0.2, 0) is 9.53 Å². The molecule has 0 aliphatic carbocycles. The normalized spacial score (nSPS) is 18.5. The Morgan fingerprint density at radius 2 is 2.30 bits per heavy atom. The Morgan fingerprint density at radius 1 is 1.43 bits per heavy atom. The average Bonchev–Trinajstić information content (AvgIpc) is 3.00. The number of rotatable bonds is 3. The van der Waals surface area contributed by atoms with Gasteiger partial charge in [-0.2, -0.15) is 4.98 Å². The standard InChI is InChI=1S/C16H18N4O3/c1-11-4-3-7-17-13(11)5-6-15(21)20-8-9-22-14(10-20)16-18-12(2)23-19-16/h3-7,14H,8-10H2,1-2H3/b6-5+. The summed E-state index contributed by atoms with van der Waals surface area (Å²) in [6.45, 7) is 5.07. The van der Waals surface area contributed by atoms with Gasteiger partial charge < -0.3 is 14.2 Å². The number of ether oxygens (including phenoxy) is 1. The number of aryl methyl sites for hydroxylation is 2. The summed E-state index contributed by atoms with van der Waals surface area (Å²) in [4.78, 5) is 22.5. The van der Waals surface area contributed by atoms with Crippen LogP contribution in [0.3, 0.4) is 0 Å². The van der Waals surface area contributed by atoms with E-state index >= 15 is 0 Å². The zero-order chi connectivity index (χ0) is 16.2. The van der Waals surface area contributed by atoms with Crippen molar-refractivity contribution in [2.24, 2.45) is 0 Å². The second-order valence-electron chi connectivity index (χ2n) is 5.35. The number of pyridine rings is 1. The molecule has 2 aromatic heterocycles. The Bertz CT molecular complexity index is 726. The van der Waals surface area contributed by atoms with Crippen LogP contribution in [0.2, 0.25) is 0 Å². The summed E-state index contributed by atoms with van der Waals surface area (Å²) in [7, 11) is 0. The topological polar surface area (TPSA) is 81.4 Å². The fraction of sp³-hybridized carbons (Fsp3) is 0.375. The number of hydrogen-bond acceptors (Lipinski definition) is 6. The van der Waals surface area contributed by atoms with E-state index in [1.54, 1.807) is 30.2 Å². The van der Waals surface area contributed by atoms with Gasteiger partial charge in [-0.1, -0.05) is 11.2 Å². The van der Waals surface area contributed by atoms with Gasteiger partial charge in [-0.3, -0.25) is 9.78 Å². The van der Waals surface area contributed by atoms with Crippen LogP contribution in [-0.4, -0.2) is 45.6 Å². The number of carbonyl (C=O) groups excluding carboxylic acids is 1. The minimum atomic E-state index is -0.352. The summed E-state index contributed by atoms with van der Waals surface area (Å²) < 4.78 is 10.6. The van der Waals surface area contributed by atoms with Crippen LogP contribution < -0.4 is 0 Å². The molecule has 3 rings (SSSR count). The predicted octanol–water partition coefficient (Wildman–Crippen LogP) is 1.69. The maximum Gasteiger partial charge on any atom is 0.246 e. The van der Waals surface area contributed by atoms with E-state index in [-0.39, 0.29) is 12.0 Å². The van der Waals surface area contributed by atoms with Crippen molar-refractivity contribution < 1.29 is 14.1 Å². The van der Waals surface area contributed by atoms with E-state index in [2.05, 4.69) is 15.1 Å². The molecule has 1 unspecified atom stereocenters. The lowest BCUT2D eigenvalue weighted by Gasteiger charge is -2.30. The lowest BCUT2D eigenvalue weighted by Crippen LogP contribution is -2.41. The minimum Gasteiger partial charge on any atom is -0.366 e.